The molecule has 0 radical (unpaired) electrons. The molecule has 0 aromatic carbocycles. The van der Waals surface area contributed by atoms with Crippen LogP contribution in [0.25, 0.3) is 0 Å². The number of carbonyl (C=O) groups is 1. The summed E-state index contributed by atoms with van der Waals surface area (Å²) in [5.74, 6) is 1.33. The molecule has 1 saturated heterocycles. The van der Waals surface area contributed by atoms with Crippen molar-refractivity contribution in [2.75, 3.05) is 13.1 Å². The quantitative estimate of drug-likeness (QED) is 0.822. The van der Waals surface area contributed by atoms with Gasteiger partial charge in [0.15, 0.2) is 0 Å². The highest BCUT2D eigenvalue weighted by Crippen LogP contribution is 2.44. The van der Waals surface area contributed by atoms with Gasteiger partial charge in [-0.25, -0.2) is 4.98 Å². The van der Waals surface area contributed by atoms with Gasteiger partial charge < -0.3 is 9.88 Å². The van der Waals surface area contributed by atoms with Gasteiger partial charge in [0.25, 0.3) is 5.56 Å². The molecule has 27 heavy (non-hydrogen) atoms. The Labute approximate surface area is 162 Å². The molecule has 1 atom stereocenters. The molecule has 2 heterocycles. The van der Waals surface area contributed by atoms with Crippen LogP contribution in [-0.4, -0.2) is 33.9 Å². The van der Waals surface area contributed by atoms with Gasteiger partial charge in [-0.2, -0.15) is 0 Å². The fraction of sp³-hybridized carbons (Fsp3) is 0.773. The average molecular weight is 372 g/mol. The van der Waals surface area contributed by atoms with E-state index in [0.29, 0.717) is 5.91 Å². The van der Waals surface area contributed by atoms with Crippen LogP contribution < -0.4 is 5.56 Å². The lowest BCUT2D eigenvalue weighted by Gasteiger charge is -2.42. The predicted molar refractivity (Wildman–Crippen MR) is 106 cm³/mol. The minimum atomic E-state index is -0.190. The molecule has 5 nitrogen and oxygen atoms in total. The van der Waals surface area contributed by atoms with Crippen molar-refractivity contribution >= 4 is 5.91 Å². The van der Waals surface area contributed by atoms with Gasteiger partial charge in [-0.05, 0) is 38.5 Å². The molecule has 4 rings (SSSR count). The first-order valence-electron chi connectivity index (χ1n) is 10.7. The Kier molecular flexibility index (Phi) is 4.68. The maximum atomic E-state index is 13.1. The zero-order chi connectivity index (χ0) is 19.2. The van der Waals surface area contributed by atoms with Gasteiger partial charge in [0, 0.05) is 35.4 Å². The van der Waals surface area contributed by atoms with Crippen LogP contribution in [0, 0.1) is 5.92 Å². The summed E-state index contributed by atoms with van der Waals surface area (Å²) in [6, 6.07) is 0. The van der Waals surface area contributed by atoms with Gasteiger partial charge in [0.2, 0.25) is 5.91 Å². The van der Waals surface area contributed by atoms with E-state index in [1.54, 1.807) is 0 Å². The molecule has 2 fully saturated rings. The van der Waals surface area contributed by atoms with E-state index in [9.17, 15) is 9.59 Å². The van der Waals surface area contributed by atoms with Crippen LogP contribution in [0.2, 0.25) is 0 Å². The highest BCUT2D eigenvalue weighted by Gasteiger charge is 2.46. The van der Waals surface area contributed by atoms with Gasteiger partial charge in [-0.3, -0.25) is 9.59 Å². The van der Waals surface area contributed by atoms with Crippen LogP contribution in [0.4, 0.5) is 0 Å². The molecule has 1 aromatic rings. The van der Waals surface area contributed by atoms with E-state index in [1.807, 2.05) is 0 Å². The Morgan fingerprint density at radius 1 is 1.15 bits per heavy atom. The minimum Gasteiger partial charge on any atom is -0.342 e. The molecule has 2 aliphatic carbocycles. The normalized spacial score (nSPS) is 26.4. The number of aromatic nitrogens is 2. The monoisotopic (exact) mass is 371 g/mol. The second-order valence-electron chi connectivity index (χ2n) is 9.97. The number of fused-ring (bicyclic) bond motifs is 2. The third-order valence-electron chi connectivity index (χ3n) is 6.92. The molecule has 5 heteroatoms. The standard InChI is InChI=1S/C22H33N3O2/c1-21(2,3)20-23-17-16(18(26)24-20)10-12-22(17)11-7-13-25(14-22)19(27)15-8-5-4-6-9-15/h15H,4-14H2,1-3H3,(H,23,24,26). The Balaban J connectivity index is 1.64. The summed E-state index contributed by atoms with van der Waals surface area (Å²) < 4.78 is 0. The second kappa shape index (κ2) is 6.75. The molecule has 1 amide bonds. The lowest BCUT2D eigenvalue weighted by molar-refractivity contribution is -0.139. The number of aromatic amines is 1. The lowest BCUT2D eigenvalue weighted by Crippen LogP contribution is -2.50. The zero-order valence-corrected chi connectivity index (χ0v) is 17.1. The maximum absolute atomic E-state index is 13.1. The van der Waals surface area contributed by atoms with Crippen LogP contribution >= 0.6 is 0 Å². The Morgan fingerprint density at radius 2 is 1.89 bits per heavy atom. The van der Waals surface area contributed by atoms with Crippen molar-refractivity contribution in [3.63, 3.8) is 0 Å². The Morgan fingerprint density at radius 3 is 2.59 bits per heavy atom. The van der Waals surface area contributed by atoms with E-state index in [-0.39, 0.29) is 22.3 Å². The average Bonchev–Trinajstić information content (AvgIpc) is 3.00. The summed E-state index contributed by atoms with van der Waals surface area (Å²) in [6.45, 7) is 7.86. The Bertz CT molecular complexity index is 786. The van der Waals surface area contributed by atoms with Crippen LogP contribution in [0.3, 0.4) is 0 Å². The second-order valence-corrected chi connectivity index (χ2v) is 9.97. The predicted octanol–water partition coefficient (Wildman–Crippen LogP) is 3.45. The number of rotatable bonds is 1. The number of amides is 1. The first-order chi connectivity index (χ1) is 12.8. The fourth-order valence-electron chi connectivity index (χ4n) is 5.33. The highest BCUT2D eigenvalue weighted by molar-refractivity contribution is 5.79. The van der Waals surface area contributed by atoms with Crippen LogP contribution in [0.5, 0.6) is 0 Å². The van der Waals surface area contributed by atoms with Gasteiger partial charge in [-0.1, -0.05) is 40.0 Å². The minimum absolute atomic E-state index is 0.0255. The van der Waals surface area contributed by atoms with Crippen LogP contribution in [0.15, 0.2) is 4.79 Å². The molecule has 0 bridgehead atoms. The molecule has 1 N–H and O–H groups in total. The topological polar surface area (TPSA) is 66.1 Å². The summed E-state index contributed by atoms with van der Waals surface area (Å²) in [6.07, 6.45) is 9.51. The summed E-state index contributed by atoms with van der Waals surface area (Å²) in [7, 11) is 0. The Hall–Kier alpha value is -1.65. The van der Waals surface area contributed by atoms with Gasteiger partial charge in [-0.15, -0.1) is 0 Å². The molecule has 1 unspecified atom stereocenters. The van der Waals surface area contributed by atoms with E-state index in [2.05, 4.69) is 30.7 Å². The number of likely N-dealkylation sites (tertiary alicyclic amines) is 1. The highest BCUT2D eigenvalue weighted by atomic mass is 16.2. The first-order valence-corrected chi connectivity index (χ1v) is 10.7. The summed E-state index contributed by atoms with van der Waals surface area (Å²) >= 11 is 0. The maximum Gasteiger partial charge on any atom is 0.254 e. The van der Waals surface area contributed by atoms with E-state index in [0.717, 1.165) is 68.7 Å². The van der Waals surface area contributed by atoms with Crippen molar-refractivity contribution < 1.29 is 4.79 Å². The molecular weight excluding hydrogens is 338 g/mol. The SMILES string of the molecule is CC(C)(C)c1nc2c(c(=O)[nH]1)CCC21CCCN(C(=O)C2CCCCC2)C1. The third kappa shape index (κ3) is 3.34. The number of hydrogen-bond donors (Lipinski definition) is 1. The fourth-order valence-corrected chi connectivity index (χ4v) is 5.33. The van der Waals surface area contributed by atoms with Crippen LogP contribution in [-0.2, 0) is 22.0 Å². The van der Waals surface area contributed by atoms with E-state index in [1.165, 1.54) is 19.3 Å². The molecule has 3 aliphatic rings. The summed E-state index contributed by atoms with van der Waals surface area (Å²) in [5, 5.41) is 0. The lowest BCUT2D eigenvalue weighted by atomic mass is 9.76. The van der Waals surface area contributed by atoms with Gasteiger partial charge >= 0.3 is 0 Å². The molecule has 1 aliphatic heterocycles. The smallest absolute Gasteiger partial charge is 0.254 e. The van der Waals surface area contributed by atoms with E-state index < -0.39 is 0 Å². The number of nitrogens with zero attached hydrogens (tertiary/aromatic N) is 2. The van der Waals surface area contributed by atoms with Crippen molar-refractivity contribution in [2.45, 2.75) is 89.4 Å². The van der Waals surface area contributed by atoms with Crippen molar-refractivity contribution in [3.8, 4) is 0 Å². The summed E-state index contributed by atoms with van der Waals surface area (Å²) in [5.41, 5.74) is 1.56. The molecule has 1 spiro atoms. The van der Waals surface area contributed by atoms with Gasteiger partial charge in [0.05, 0.1) is 5.69 Å². The number of carbonyl (C=O) groups excluding carboxylic acids is 1. The van der Waals surface area contributed by atoms with Crippen molar-refractivity contribution in [2.24, 2.45) is 5.92 Å². The third-order valence-corrected chi connectivity index (χ3v) is 6.92. The number of H-pyrrole nitrogens is 1. The van der Waals surface area contributed by atoms with Crippen molar-refractivity contribution in [1.82, 2.24) is 14.9 Å². The number of piperidine rings is 1. The molecular formula is C22H33N3O2. The molecule has 1 saturated carbocycles. The first kappa shape index (κ1) is 18.7. The summed E-state index contributed by atoms with van der Waals surface area (Å²) in [4.78, 5) is 35.9. The van der Waals surface area contributed by atoms with Gasteiger partial charge in [0.1, 0.15) is 5.82 Å². The van der Waals surface area contributed by atoms with Crippen LogP contribution in [0.1, 0.15) is 89.2 Å². The van der Waals surface area contributed by atoms with E-state index >= 15 is 0 Å². The van der Waals surface area contributed by atoms with Crippen molar-refractivity contribution in [1.29, 1.82) is 0 Å². The zero-order valence-electron chi connectivity index (χ0n) is 17.1. The molecule has 1 aromatic heterocycles. The van der Waals surface area contributed by atoms with E-state index in [4.69, 9.17) is 4.98 Å². The largest absolute Gasteiger partial charge is 0.342 e. The molecule has 148 valence electrons. The number of nitrogens with one attached hydrogen (secondary N) is 1. The number of hydrogen-bond acceptors (Lipinski definition) is 3. The van der Waals surface area contributed by atoms with Crippen molar-refractivity contribution in [3.05, 3.63) is 27.4 Å².